The number of hydrogen-bond acceptors (Lipinski definition) is 4. The highest BCUT2D eigenvalue weighted by molar-refractivity contribution is 7.80. The van der Waals surface area contributed by atoms with Crippen LogP contribution in [-0.4, -0.2) is 27.7 Å². The zero-order chi connectivity index (χ0) is 30.3. The number of pyridine rings is 1. The Kier molecular flexibility index (Phi) is 8.25. The zero-order valence-electron chi connectivity index (χ0n) is 24.3. The molecule has 0 saturated carbocycles. The first-order valence-corrected chi connectivity index (χ1v) is 14.7. The summed E-state index contributed by atoms with van der Waals surface area (Å²) in [5.41, 5.74) is 5.65. The Balaban J connectivity index is 1.64. The summed E-state index contributed by atoms with van der Waals surface area (Å²) in [7, 11) is 1.59. The lowest BCUT2D eigenvalue weighted by molar-refractivity contribution is -0.123. The number of halogens is 2. The predicted molar refractivity (Wildman–Crippen MR) is 174 cm³/mol. The van der Waals surface area contributed by atoms with Crippen molar-refractivity contribution in [1.29, 1.82) is 0 Å². The van der Waals surface area contributed by atoms with E-state index < -0.39 is 5.41 Å². The number of anilines is 2. The second kappa shape index (κ2) is 11.6. The van der Waals surface area contributed by atoms with E-state index in [2.05, 4.69) is 45.0 Å². The van der Waals surface area contributed by atoms with Crippen LogP contribution in [-0.2, 0) is 4.79 Å². The molecule has 10 heteroatoms. The van der Waals surface area contributed by atoms with Gasteiger partial charge in [-0.3, -0.25) is 9.78 Å². The molecule has 2 aromatic heterocycles. The van der Waals surface area contributed by atoms with Crippen LogP contribution in [0.1, 0.15) is 55.5 Å². The van der Waals surface area contributed by atoms with Gasteiger partial charge in [-0.1, -0.05) is 50.0 Å². The van der Waals surface area contributed by atoms with Crippen molar-refractivity contribution in [3.05, 3.63) is 99.6 Å². The van der Waals surface area contributed by atoms with Gasteiger partial charge in [-0.15, -0.1) is 0 Å². The molecule has 2 unspecified atom stereocenters. The van der Waals surface area contributed by atoms with Crippen molar-refractivity contribution in [1.82, 2.24) is 14.9 Å². The molecule has 2 atom stereocenters. The number of benzene rings is 2. The standard InChI is InChI=1S/C32H33Cl2N5O2S/c1-18-15-22(19(2)38(18)26-13-10-20(33)16-23(26)34)29-28(25-9-7-8-14-35-25)37-31(42)39(29)21-11-12-24(27(17-21)41-6)36-30(40)32(3,4)5/h7-17,28-29H,1-6H3,(H,36,40)(H,37,42). The first-order chi connectivity index (χ1) is 19.9. The molecule has 2 N–H and O–H groups in total. The number of carbonyl (C=O) groups is 1. The molecule has 5 rings (SSSR count). The molecule has 1 fully saturated rings. The number of hydrogen-bond donors (Lipinski definition) is 2. The van der Waals surface area contributed by atoms with E-state index in [0.717, 1.165) is 34.0 Å². The average molecular weight is 623 g/mol. The Morgan fingerprint density at radius 3 is 2.48 bits per heavy atom. The second-order valence-corrected chi connectivity index (χ2v) is 12.6. The molecule has 0 aliphatic carbocycles. The van der Waals surface area contributed by atoms with Gasteiger partial charge in [-0.05, 0) is 80.2 Å². The Morgan fingerprint density at radius 1 is 1.07 bits per heavy atom. The average Bonchev–Trinajstić information content (AvgIpc) is 3.44. The van der Waals surface area contributed by atoms with E-state index in [1.807, 2.05) is 69.3 Å². The summed E-state index contributed by atoms with van der Waals surface area (Å²) in [4.78, 5) is 19.5. The van der Waals surface area contributed by atoms with Gasteiger partial charge in [0.15, 0.2) is 5.11 Å². The van der Waals surface area contributed by atoms with Gasteiger partial charge in [0.05, 0.1) is 41.3 Å². The highest BCUT2D eigenvalue weighted by Gasteiger charge is 2.42. The summed E-state index contributed by atoms with van der Waals surface area (Å²) in [5, 5.41) is 8.20. The van der Waals surface area contributed by atoms with Gasteiger partial charge in [-0.25, -0.2) is 0 Å². The van der Waals surface area contributed by atoms with Crippen LogP contribution in [0.25, 0.3) is 5.69 Å². The van der Waals surface area contributed by atoms with Crippen LogP contribution in [0, 0.1) is 19.3 Å². The quantitative estimate of drug-likeness (QED) is 0.213. The molecule has 0 spiro atoms. The summed E-state index contributed by atoms with van der Waals surface area (Å²) < 4.78 is 7.86. The largest absolute Gasteiger partial charge is 0.494 e. The maximum atomic E-state index is 12.7. The van der Waals surface area contributed by atoms with Crippen LogP contribution >= 0.6 is 35.4 Å². The number of thiocarbonyl (C=S) groups is 1. The van der Waals surface area contributed by atoms with Crippen LogP contribution in [0.5, 0.6) is 5.75 Å². The van der Waals surface area contributed by atoms with E-state index in [0.29, 0.717) is 26.6 Å². The molecule has 1 aliphatic rings. The van der Waals surface area contributed by atoms with E-state index in [4.69, 9.17) is 40.2 Å². The summed E-state index contributed by atoms with van der Waals surface area (Å²) in [6.07, 6.45) is 1.78. The number of ether oxygens (including phenoxy) is 1. The minimum Gasteiger partial charge on any atom is -0.494 e. The third-order valence-electron chi connectivity index (χ3n) is 7.43. The number of aryl methyl sites for hydroxylation is 1. The van der Waals surface area contributed by atoms with Crippen LogP contribution in [0.2, 0.25) is 10.0 Å². The van der Waals surface area contributed by atoms with Gasteiger partial charge in [0.25, 0.3) is 0 Å². The zero-order valence-corrected chi connectivity index (χ0v) is 26.7. The Morgan fingerprint density at radius 2 is 1.83 bits per heavy atom. The summed E-state index contributed by atoms with van der Waals surface area (Å²) in [6, 6.07) is 18.7. The number of methoxy groups -OCH3 is 1. The Labute approximate surface area is 261 Å². The van der Waals surface area contributed by atoms with Crippen molar-refractivity contribution in [3.63, 3.8) is 0 Å². The molecule has 1 amide bonds. The molecule has 1 saturated heterocycles. The first kappa shape index (κ1) is 29.9. The Hall–Kier alpha value is -3.59. The molecule has 2 aromatic carbocycles. The molecule has 42 heavy (non-hydrogen) atoms. The summed E-state index contributed by atoms with van der Waals surface area (Å²) >= 11 is 18.8. The SMILES string of the molecule is COc1cc(N2C(=S)NC(c3ccccn3)C2c2cc(C)n(-c3ccc(Cl)cc3Cl)c2C)ccc1NC(=O)C(C)(C)C. The number of amides is 1. The highest BCUT2D eigenvalue weighted by Crippen LogP contribution is 2.45. The number of aromatic nitrogens is 2. The minimum atomic E-state index is -0.555. The van der Waals surface area contributed by atoms with Gasteiger partial charge >= 0.3 is 0 Å². The van der Waals surface area contributed by atoms with Gasteiger partial charge in [0, 0.05) is 39.8 Å². The number of nitrogens with zero attached hydrogens (tertiary/aromatic N) is 3. The van der Waals surface area contributed by atoms with Gasteiger partial charge < -0.3 is 24.8 Å². The third-order valence-corrected chi connectivity index (χ3v) is 8.28. The summed E-state index contributed by atoms with van der Waals surface area (Å²) in [5.74, 6) is 0.430. The van der Waals surface area contributed by atoms with Crippen molar-refractivity contribution in [3.8, 4) is 11.4 Å². The first-order valence-electron chi connectivity index (χ1n) is 13.5. The molecular formula is C32H33Cl2N5O2S. The number of carbonyl (C=O) groups excluding carboxylic acids is 1. The Bertz CT molecular complexity index is 1670. The molecule has 218 valence electrons. The lowest BCUT2D eigenvalue weighted by Crippen LogP contribution is -2.30. The van der Waals surface area contributed by atoms with E-state index in [1.165, 1.54) is 0 Å². The summed E-state index contributed by atoms with van der Waals surface area (Å²) in [6.45, 7) is 9.74. The van der Waals surface area contributed by atoms with E-state index >= 15 is 0 Å². The van der Waals surface area contributed by atoms with Crippen LogP contribution < -0.4 is 20.3 Å². The normalized spacial score (nSPS) is 16.9. The van der Waals surface area contributed by atoms with Crippen molar-refractivity contribution in [2.24, 2.45) is 5.41 Å². The van der Waals surface area contributed by atoms with Crippen LogP contribution in [0.4, 0.5) is 11.4 Å². The van der Waals surface area contributed by atoms with Crippen molar-refractivity contribution in [2.45, 2.75) is 46.7 Å². The van der Waals surface area contributed by atoms with Gasteiger partial charge in [0.2, 0.25) is 5.91 Å². The van der Waals surface area contributed by atoms with Crippen molar-refractivity contribution in [2.75, 3.05) is 17.3 Å². The molecule has 3 heterocycles. The molecule has 0 bridgehead atoms. The van der Waals surface area contributed by atoms with Gasteiger partial charge in [0.1, 0.15) is 5.75 Å². The molecule has 0 radical (unpaired) electrons. The predicted octanol–water partition coefficient (Wildman–Crippen LogP) is 7.97. The monoisotopic (exact) mass is 621 g/mol. The molecular weight excluding hydrogens is 589 g/mol. The van der Waals surface area contributed by atoms with Crippen LogP contribution in [0.15, 0.2) is 66.9 Å². The number of rotatable bonds is 6. The topological polar surface area (TPSA) is 71.4 Å². The second-order valence-electron chi connectivity index (χ2n) is 11.3. The lowest BCUT2D eigenvalue weighted by Gasteiger charge is -2.29. The molecule has 4 aromatic rings. The van der Waals surface area contributed by atoms with E-state index in [1.54, 1.807) is 19.4 Å². The van der Waals surface area contributed by atoms with Crippen LogP contribution in [0.3, 0.4) is 0 Å². The smallest absolute Gasteiger partial charge is 0.229 e. The lowest BCUT2D eigenvalue weighted by atomic mass is 9.95. The number of nitrogens with one attached hydrogen (secondary N) is 2. The van der Waals surface area contributed by atoms with E-state index in [-0.39, 0.29) is 18.0 Å². The van der Waals surface area contributed by atoms with E-state index in [9.17, 15) is 4.79 Å². The van der Waals surface area contributed by atoms with Crippen molar-refractivity contribution < 1.29 is 9.53 Å². The minimum absolute atomic E-state index is 0.103. The van der Waals surface area contributed by atoms with Gasteiger partial charge in [-0.2, -0.15) is 0 Å². The van der Waals surface area contributed by atoms with Crippen molar-refractivity contribution >= 4 is 57.8 Å². The molecule has 1 aliphatic heterocycles. The molecule has 7 nitrogen and oxygen atoms in total. The maximum absolute atomic E-state index is 12.7. The maximum Gasteiger partial charge on any atom is 0.229 e. The fraction of sp³-hybridized carbons (Fsp3) is 0.281. The fourth-order valence-electron chi connectivity index (χ4n) is 5.31. The highest BCUT2D eigenvalue weighted by atomic mass is 35.5. The third kappa shape index (κ3) is 5.59. The fourth-order valence-corrected chi connectivity index (χ4v) is 6.15.